The molecular weight excluding hydrogens is 238 g/mol. The number of aromatic nitrogens is 2. The summed E-state index contributed by atoms with van der Waals surface area (Å²) in [6.07, 6.45) is 3.52. The van der Waals surface area contributed by atoms with E-state index in [1.54, 1.807) is 10.8 Å². The molecule has 3 rings (SSSR count). The highest BCUT2D eigenvalue weighted by Gasteiger charge is 2.24. The van der Waals surface area contributed by atoms with Gasteiger partial charge in [-0.05, 0) is 30.7 Å². The lowest BCUT2D eigenvalue weighted by atomic mass is 9.93. The Morgan fingerprint density at radius 3 is 2.79 bits per heavy atom. The van der Waals surface area contributed by atoms with Crippen LogP contribution in [0.4, 0.5) is 5.95 Å². The van der Waals surface area contributed by atoms with Crippen LogP contribution in [0.2, 0.25) is 0 Å². The second kappa shape index (κ2) is 3.80. The highest BCUT2D eigenvalue weighted by molar-refractivity contribution is 5.91. The Labute approximate surface area is 110 Å². The number of imidazole rings is 1. The van der Waals surface area contributed by atoms with Crippen molar-refractivity contribution in [2.45, 2.75) is 12.5 Å². The van der Waals surface area contributed by atoms with Crippen LogP contribution in [0.1, 0.15) is 6.92 Å². The molecule has 1 aromatic heterocycles. The van der Waals surface area contributed by atoms with Crippen molar-refractivity contribution in [2.24, 2.45) is 10.7 Å². The van der Waals surface area contributed by atoms with Gasteiger partial charge in [0, 0.05) is 6.21 Å². The topological polar surface area (TPSA) is 82.2 Å². The Kier molecular flexibility index (Phi) is 2.33. The number of nitrogen functional groups attached to an aromatic ring is 1. The second-order valence-electron chi connectivity index (χ2n) is 4.86. The molecule has 2 heterocycles. The molecule has 2 aromatic rings. The molecule has 0 amide bonds. The molecule has 1 aromatic carbocycles. The standard InChI is InChI=1S/C14H15N5/c1-9-8-17-12(7-14(9,2)16)19-11-6-4-3-5-10(11)18-13(19)15/h3-8H,1,16H2,2H3,(H2,15,18). The van der Waals surface area contributed by atoms with Crippen molar-refractivity contribution in [3.8, 4) is 0 Å². The molecule has 5 nitrogen and oxygen atoms in total. The highest BCUT2D eigenvalue weighted by Crippen LogP contribution is 2.28. The van der Waals surface area contributed by atoms with Gasteiger partial charge in [0.05, 0.1) is 16.6 Å². The predicted octanol–water partition coefficient (Wildman–Crippen LogP) is 1.77. The summed E-state index contributed by atoms with van der Waals surface area (Å²) in [6.45, 7) is 5.78. The highest BCUT2D eigenvalue weighted by atomic mass is 15.2. The second-order valence-corrected chi connectivity index (χ2v) is 4.86. The van der Waals surface area contributed by atoms with E-state index < -0.39 is 5.54 Å². The molecule has 0 spiro atoms. The Morgan fingerprint density at radius 1 is 1.32 bits per heavy atom. The van der Waals surface area contributed by atoms with Gasteiger partial charge in [-0.1, -0.05) is 18.7 Å². The average Bonchev–Trinajstić information content (AvgIpc) is 2.68. The van der Waals surface area contributed by atoms with E-state index in [4.69, 9.17) is 11.5 Å². The Morgan fingerprint density at radius 2 is 2.05 bits per heavy atom. The first-order valence-corrected chi connectivity index (χ1v) is 5.97. The Hall–Kier alpha value is -2.40. The van der Waals surface area contributed by atoms with E-state index in [9.17, 15) is 0 Å². The van der Waals surface area contributed by atoms with E-state index in [-0.39, 0.29) is 0 Å². The van der Waals surface area contributed by atoms with Gasteiger partial charge < -0.3 is 11.5 Å². The molecule has 0 bridgehead atoms. The zero-order valence-electron chi connectivity index (χ0n) is 10.7. The fraction of sp³-hybridized carbons (Fsp3) is 0.143. The molecular formula is C14H15N5. The molecule has 0 radical (unpaired) electrons. The van der Waals surface area contributed by atoms with E-state index in [1.165, 1.54) is 0 Å². The maximum atomic E-state index is 6.17. The zero-order valence-corrected chi connectivity index (χ0v) is 10.7. The van der Waals surface area contributed by atoms with Crippen LogP contribution in [0.25, 0.3) is 16.9 Å². The summed E-state index contributed by atoms with van der Waals surface area (Å²) in [5.74, 6) is 1.07. The molecule has 4 N–H and O–H groups in total. The number of aliphatic imine (C=N–C) groups is 1. The largest absolute Gasteiger partial charge is 0.369 e. The Bertz CT molecular complexity index is 733. The predicted molar refractivity (Wildman–Crippen MR) is 78.6 cm³/mol. The molecule has 1 aliphatic rings. The van der Waals surface area contributed by atoms with Crippen LogP contribution in [0, 0.1) is 0 Å². The number of para-hydroxylation sites is 2. The summed E-state index contributed by atoms with van der Waals surface area (Å²) in [5, 5.41) is 0. The van der Waals surface area contributed by atoms with Crippen molar-refractivity contribution in [2.75, 3.05) is 5.73 Å². The van der Waals surface area contributed by atoms with Gasteiger partial charge in [0.15, 0.2) is 0 Å². The maximum Gasteiger partial charge on any atom is 0.207 e. The third-order valence-corrected chi connectivity index (χ3v) is 3.29. The summed E-state index contributed by atoms with van der Waals surface area (Å²) < 4.78 is 1.80. The molecule has 0 saturated heterocycles. The molecule has 0 aliphatic carbocycles. The molecule has 19 heavy (non-hydrogen) atoms. The third kappa shape index (κ3) is 1.75. The van der Waals surface area contributed by atoms with Crippen LogP contribution in [0.15, 0.2) is 47.5 Å². The lowest BCUT2D eigenvalue weighted by Gasteiger charge is -2.25. The van der Waals surface area contributed by atoms with Crippen LogP contribution >= 0.6 is 0 Å². The van der Waals surface area contributed by atoms with Gasteiger partial charge in [-0.15, -0.1) is 0 Å². The molecule has 5 heteroatoms. The number of fused-ring (bicyclic) bond motifs is 1. The van der Waals surface area contributed by atoms with Crippen LogP contribution in [-0.2, 0) is 0 Å². The molecule has 1 atom stereocenters. The van der Waals surface area contributed by atoms with Gasteiger partial charge in [-0.2, -0.15) is 0 Å². The van der Waals surface area contributed by atoms with Gasteiger partial charge in [-0.3, -0.25) is 4.57 Å². The van der Waals surface area contributed by atoms with Gasteiger partial charge in [0.25, 0.3) is 0 Å². The number of anilines is 1. The van der Waals surface area contributed by atoms with Gasteiger partial charge in [-0.25, -0.2) is 9.98 Å². The minimum absolute atomic E-state index is 0.396. The van der Waals surface area contributed by atoms with Crippen molar-refractivity contribution in [1.82, 2.24) is 9.55 Å². The number of rotatable bonds is 1. The van der Waals surface area contributed by atoms with Crippen molar-refractivity contribution < 1.29 is 0 Å². The van der Waals surface area contributed by atoms with E-state index in [0.717, 1.165) is 16.6 Å². The van der Waals surface area contributed by atoms with Crippen molar-refractivity contribution >= 4 is 29.0 Å². The van der Waals surface area contributed by atoms with Gasteiger partial charge in [0.1, 0.15) is 5.82 Å². The van der Waals surface area contributed by atoms with Crippen molar-refractivity contribution in [3.05, 3.63) is 42.5 Å². The fourth-order valence-electron chi connectivity index (χ4n) is 2.09. The van der Waals surface area contributed by atoms with E-state index >= 15 is 0 Å². The monoisotopic (exact) mass is 253 g/mol. The summed E-state index contributed by atoms with van der Waals surface area (Å²) in [4.78, 5) is 8.68. The first-order chi connectivity index (χ1) is 8.99. The SMILES string of the molecule is C=C1C=NC(n2c(N)nc3ccccc32)=CC1(C)N. The summed E-state index contributed by atoms with van der Waals surface area (Å²) >= 11 is 0. The normalized spacial score (nSPS) is 22.8. The number of nitrogens with zero attached hydrogens (tertiary/aromatic N) is 3. The number of hydrogen-bond donors (Lipinski definition) is 2. The third-order valence-electron chi connectivity index (χ3n) is 3.29. The van der Waals surface area contributed by atoms with E-state index in [1.807, 2.05) is 37.3 Å². The molecule has 96 valence electrons. The van der Waals surface area contributed by atoms with E-state index in [2.05, 4.69) is 16.6 Å². The quantitative estimate of drug-likeness (QED) is 0.812. The first-order valence-electron chi connectivity index (χ1n) is 5.97. The van der Waals surface area contributed by atoms with E-state index in [0.29, 0.717) is 11.8 Å². The van der Waals surface area contributed by atoms with Gasteiger partial charge >= 0.3 is 0 Å². The average molecular weight is 253 g/mol. The minimum atomic E-state index is -0.630. The lowest BCUT2D eigenvalue weighted by molar-refractivity contribution is 0.708. The molecule has 0 fully saturated rings. The summed E-state index contributed by atoms with van der Waals surface area (Å²) in [5.41, 5.74) is 14.0. The molecule has 0 saturated carbocycles. The van der Waals surface area contributed by atoms with Crippen LogP contribution in [-0.4, -0.2) is 21.3 Å². The molecule has 1 aliphatic heterocycles. The smallest absolute Gasteiger partial charge is 0.207 e. The van der Waals surface area contributed by atoms with Crippen LogP contribution in [0.5, 0.6) is 0 Å². The van der Waals surface area contributed by atoms with Crippen LogP contribution < -0.4 is 11.5 Å². The molecule has 1 unspecified atom stereocenters. The number of benzene rings is 1. The number of nitrogens with two attached hydrogens (primary N) is 2. The summed E-state index contributed by atoms with van der Waals surface area (Å²) in [7, 11) is 0. The van der Waals surface area contributed by atoms with Crippen LogP contribution in [0.3, 0.4) is 0 Å². The van der Waals surface area contributed by atoms with Gasteiger partial charge in [0.2, 0.25) is 5.95 Å². The van der Waals surface area contributed by atoms with Crippen molar-refractivity contribution in [3.63, 3.8) is 0 Å². The Balaban J connectivity index is 2.23. The maximum absolute atomic E-state index is 6.17. The summed E-state index contributed by atoms with van der Waals surface area (Å²) in [6, 6.07) is 7.72. The first kappa shape index (κ1) is 11.7. The fourth-order valence-corrected chi connectivity index (χ4v) is 2.09. The lowest BCUT2D eigenvalue weighted by Crippen LogP contribution is -2.38. The number of hydrogen-bond acceptors (Lipinski definition) is 4. The minimum Gasteiger partial charge on any atom is -0.369 e. The van der Waals surface area contributed by atoms with Crippen molar-refractivity contribution in [1.29, 1.82) is 0 Å². The zero-order chi connectivity index (χ0) is 13.6.